The monoisotopic (exact) mass is 384 g/mol. The number of carbonyl (C=O) groups excluding carboxylic acids is 1. The van der Waals surface area contributed by atoms with Gasteiger partial charge in [0.05, 0.1) is 5.69 Å². The van der Waals surface area contributed by atoms with Crippen LogP contribution in [0.2, 0.25) is 0 Å². The molecule has 0 atom stereocenters. The molecule has 0 spiro atoms. The fourth-order valence-electron chi connectivity index (χ4n) is 3.18. The first-order chi connectivity index (χ1) is 13.1. The Morgan fingerprint density at radius 1 is 1.30 bits per heavy atom. The molecule has 0 aromatic carbocycles. The number of aromatic nitrogens is 4. The molecule has 3 aromatic heterocycles. The highest BCUT2D eigenvalue weighted by atomic mass is 32.1. The van der Waals surface area contributed by atoms with Crippen molar-refractivity contribution in [2.75, 3.05) is 11.9 Å². The summed E-state index contributed by atoms with van der Waals surface area (Å²) in [6.07, 6.45) is 4.44. The standard InChI is InChI=1S/C18H17FN6OS/c19-11-3-1-8-21-15(11)18(6-2-7-18)10-22-14-5-4-12(24-25-14)17-23-13(9-27-17)16(20)26/h1,3-5,8-9H,2,6-7,10H2,(H2,20,26)(H,22,25). The third kappa shape index (κ3) is 3.37. The molecule has 0 bridgehead atoms. The number of rotatable bonds is 6. The van der Waals surface area contributed by atoms with Gasteiger partial charge in [-0.15, -0.1) is 21.5 Å². The van der Waals surface area contributed by atoms with Crippen LogP contribution in [0.4, 0.5) is 10.2 Å². The Morgan fingerprint density at radius 3 is 2.74 bits per heavy atom. The van der Waals surface area contributed by atoms with Crippen LogP contribution in [0.5, 0.6) is 0 Å². The van der Waals surface area contributed by atoms with E-state index in [9.17, 15) is 9.18 Å². The van der Waals surface area contributed by atoms with Gasteiger partial charge >= 0.3 is 0 Å². The number of pyridine rings is 1. The van der Waals surface area contributed by atoms with Crippen molar-refractivity contribution in [1.29, 1.82) is 0 Å². The number of hydrogen-bond acceptors (Lipinski definition) is 7. The highest BCUT2D eigenvalue weighted by molar-refractivity contribution is 7.13. The van der Waals surface area contributed by atoms with Gasteiger partial charge in [-0.1, -0.05) is 6.42 Å². The third-order valence-corrected chi connectivity index (χ3v) is 5.68. The lowest BCUT2D eigenvalue weighted by Gasteiger charge is -2.41. The number of nitrogens with two attached hydrogens (primary N) is 1. The van der Waals surface area contributed by atoms with Crippen molar-refractivity contribution in [3.8, 4) is 10.7 Å². The maximum absolute atomic E-state index is 14.2. The van der Waals surface area contributed by atoms with Crippen LogP contribution in [0, 0.1) is 5.82 Å². The second kappa shape index (κ2) is 6.99. The molecule has 9 heteroatoms. The normalized spacial score (nSPS) is 15.1. The second-order valence-electron chi connectivity index (χ2n) is 6.53. The molecule has 3 N–H and O–H groups in total. The summed E-state index contributed by atoms with van der Waals surface area (Å²) in [7, 11) is 0. The predicted octanol–water partition coefficient (Wildman–Crippen LogP) is 2.77. The summed E-state index contributed by atoms with van der Waals surface area (Å²) in [5, 5.41) is 13.7. The van der Waals surface area contributed by atoms with E-state index in [0.717, 1.165) is 19.3 Å². The lowest BCUT2D eigenvalue weighted by atomic mass is 9.66. The summed E-state index contributed by atoms with van der Waals surface area (Å²) in [6.45, 7) is 0.540. The zero-order valence-electron chi connectivity index (χ0n) is 14.4. The molecular formula is C18H17FN6OS. The summed E-state index contributed by atoms with van der Waals surface area (Å²) < 4.78 is 14.2. The Hall–Kier alpha value is -2.94. The zero-order chi connectivity index (χ0) is 18.9. The van der Waals surface area contributed by atoms with E-state index in [1.807, 2.05) is 0 Å². The molecule has 4 rings (SSSR count). The fourth-order valence-corrected chi connectivity index (χ4v) is 3.95. The van der Waals surface area contributed by atoms with Crippen LogP contribution >= 0.6 is 11.3 Å². The third-order valence-electron chi connectivity index (χ3n) is 4.82. The van der Waals surface area contributed by atoms with Crippen LogP contribution in [0.25, 0.3) is 10.7 Å². The largest absolute Gasteiger partial charge is 0.368 e. The second-order valence-corrected chi connectivity index (χ2v) is 7.39. The first-order valence-electron chi connectivity index (χ1n) is 8.52. The van der Waals surface area contributed by atoms with Crippen molar-refractivity contribution in [3.05, 3.63) is 53.0 Å². The minimum atomic E-state index is -0.573. The number of amides is 1. The van der Waals surface area contributed by atoms with Gasteiger partial charge in [0.25, 0.3) is 5.91 Å². The molecule has 3 heterocycles. The highest BCUT2D eigenvalue weighted by Crippen LogP contribution is 2.43. The van der Waals surface area contributed by atoms with Gasteiger partial charge in [-0.2, -0.15) is 0 Å². The minimum Gasteiger partial charge on any atom is -0.368 e. The van der Waals surface area contributed by atoms with Crippen molar-refractivity contribution < 1.29 is 9.18 Å². The smallest absolute Gasteiger partial charge is 0.268 e. The molecule has 1 aliphatic carbocycles. The number of nitrogens with zero attached hydrogens (tertiary/aromatic N) is 4. The van der Waals surface area contributed by atoms with Gasteiger partial charge in [0, 0.05) is 23.5 Å². The van der Waals surface area contributed by atoms with Crippen molar-refractivity contribution in [1.82, 2.24) is 20.2 Å². The lowest BCUT2D eigenvalue weighted by Crippen LogP contribution is -2.42. The van der Waals surface area contributed by atoms with Gasteiger partial charge in [0.15, 0.2) is 0 Å². The van der Waals surface area contributed by atoms with E-state index in [0.29, 0.717) is 28.8 Å². The van der Waals surface area contributed by atoms with Crippen LogP contribution in [0.1, 0.15) is 35.4 Å². The number of nitrogens with one attached hydrogen (secondary N) is 1. The predicted molar refractivity (Wildman–Crippen MR) is 99.9 cm³/mol. The van der Waals surface area contributed by atoms with E-state index in [4.69, 9.17) is 5.73 Å². The SMILES string of the molecule is NC(=O)c1csc(-c2ccc(NCC3(c4ncccc4F)CCC3)nn2)n1. The van der Waals surface area contributed by atoms with Gasteiger partial charge in [-0.25, -0.2) is 9.37 Å². The summed E-state index contributed by atoms with van der Waals surface area (Å²) in [6, 6.07) is 6.61. The summed E-state index contributed by atoms with van der Waals surface area (Å²) in [5.74, 6) is -0.251. The molecule has 0 radical (unpaired) electrons. The van der Waals surface area contributed by atoms with Gasteiger partial charge in [0.1, 0.15) is 28.0 Å². The maximum Gasteiger partial charge on any atom is 0.268 e. The molecule has 7 nitrogen and oxygen atoms in total. The molecule has 1 aliphatic rings. The number of anilines is 1. The quantitative estimate of drug-likeness (QED) is 0.677. The molecule has 0 unspecified atom stereocenters. The van der Waals surface area contributed by atoms with Crippen molar-refractivity contribution in [2.45, 2.75) is 24.7 Å². The van der Waals surface area contributed by atoms with Crippen LogP contribution in [0.3, 0.4) is 0 Å². The van der Waals surface area contributed by atoms with E-state index in [-0.39, 0.29) is 16.9 Å². The number of hydrogen-bond donors (Lipinski definition) is 2. The molecule has 138 valence electrons. The molecular weight excluding hydrogens is 367 g/mol. The minimum absolute atomic E-state index is 0.211. The van der Waals surface area contributed by atoms with E-state index in [1.54, 1.807) is 29.8 Å². The Kier molecular flexibility index (Phi) is 4.53. The van der Waals surface area contributed by atoms with Gasteiger partial charge in [0.2, 0.25) is 0 Å². The first-order valence-corrected chi connectivity index (χ1v) is 9.40. The fraction of sp³-hybridized carbons (Fsp3) is 0.278. The van der Waals surface area contributed by atoms with Crippen LogP contribution in [-0.4, -0.2) is 32.6 Å². The van der Waals surface area contributed by atoms with E-state index >= 15 is 0 Å². The molecule has 0 aliphatic heterocycles. The highest BCUT2D eigenvalue weighted by Gasteiger charge is 2.41. The van der Waals surface area contributed by atoms with Crippen LogP contribution < -0.4 is 11.1 Å². The van der Waals surface area contributed by atoms with E-state index < -0.39 is 5.91 Å². The average molecular weight is 384 g/mol. The summed E-state index contributed by atoms with van der Waals surface area (Å²) in [4.78, 5) is 19.5. The molecule has 27 heavy (non-hydrogen) atoms. The first kappa shape index (κ1) is 17.5. The summed E-state index contributed by atoms with van der Waals surface area (Å²) in [5.41, 5.74) is 6.19. The van der Waals surface area contributed by atoms with Crippen molar-refractivity contribution in [2.24, 2.45) is 5.73 Å². The zero-order valence-corrected chi connectivity index (χ0v) is 15.2. The Morgan fingerprint density at radius 2 is 2.15 bits per heavy atom. The topological polar surface area (TPSA) is 107 Å². The van der Waals surface area contributed by atoms with E-state index in [2.05, 4.69) is 25.5 Å². The van der Waals surface area contributed by atoms with Crippen LogP contribution in [0.15, 0.2) is 35.8 Å². The molecule has 3 aromatic rings. The number of carbonyl (C=O) groups is 1. The van der Waals surface area contributed by atoms with Gasteiger partial charge in [-0.05, 0) is 37.1 Å². The van der Waals surface area contributed by atoms with E-state index in [1.165, 1.54) is 17.4 Å². The Labute approximate surface area is 158 Å². The number of primary amides is 1. The average Bonchev–Trinajstić information content (AvgIpc) is 3.13. The number of halogens is 1. The van der Waals surface area contributed by atoms with Crippen LogP contribution in [-0.2, 0) is 5.41 Å². The molecule has 1 fully saturated rings. The van der Waals surface area contributed by atoms with Crippen molar-refractivity contribution in [3.63, 3.8) is 0 Å². The Bertz CT molecular complexity index is 970. The lowest BCUT2D eigenvalue weighted by molar-refractivity contribution is 0.0996. The van der Waals surface area contributed by atoms with Gasteiger partial charge in [-0.3, -0.25) is 9.78 Å². The van der Waals surface area contributed by atoms with Crippen molar-refractivity contribution >= 4 is 23.1 Å². The molecule has 1 amide bonds. The summed E-state index contributed by atoms with van der Waals surface area (Å²) >= 11 is 1.28. The number of thiazole rings is 1. The Balaban J connectivity index is 1.47. The molecule has 0 saturated heterocycles. The molecule has 1 saturated carbocycles. The maximum atomic E-state index is 14.2. The van der Waals surface area contributed by atoms with Gasteiger partial charge < -0.3 is 11.1 Å².